The van der Waals surface area contributed by atoms with Crippen LogP contribution in [0.2, 0.25) is 0 Å². The number of hydrogen-bond donors (Lipinski definition) is 0. The molecule has 0 saturated heterocycles. The lowest BCUT2D eigenvalue weighted by molar-refractivity contribution is 0.579. The first kappa shape index (κ1) is 14.8. The summed E-state index contributed by atoms with van der Waals surface area (Å²) in [4.78, 5) is 0. The summed E-state index contributed by atoms with van der Waals surface area (Å²) in [6, 6.07) is 24.5. The third-order valence-corrected chi connectivity index (χ3v) is 4.66. The normalized spacial score (nSPS) is 11.3. The third kappa shape index (κ3) is 2.27. The quantitative estimate of drug-likeness (QED) is 0.448. The molecule has 3 heterocycles. The van der Waals surface area contributed by atoms with E-state index in [0.717, 1.165) is 28.4 Å². The maximum Gasteiger partial charge on any atom is 0.154 e. The lowest BCUT2D eigenvalue weighted by Crippen LogP contribution is -1.98. The summed E-state index contributed by atoms with van der Waals surface area (Å²) in [6.07, 6.45) is 3.83. The molecule has 2 aromatic carbocycles. The highest BCUT2D eigenvalue weighted by molar-refractivity contribution is 5.96. The highest BCUT2D eigenvalue weighted by atomic mass is 16.3. The number of furan rings is 1. The summed E-state index contributed by atoms with van der Waals surface area (Å²) in [5.41, 5.74) is 5.23. The number of para-hydroxylation sites is 2. The third-order valence-electron chi connectivity index (χ3n) is 4.66. The van der Waals surface area contributed by atoms with Crippen LogP contribution in [0.25, 0.3) is 39.3 Å². The van der Waals surface area contributed by atoms with Crippen molar-refractivity contribution in [3.8, 4) is 28.4 Å². The summed E-state index contributed by atoms with van der Waals surface area (Å²) < 4.78 is 9.71. The van der Waals surface area contributed by atoms with E-state index in [1.807, 2.05) is 35.0 Å². The minimum atomic E-state index is 0.765. The van der Waals surface area contributed by atoms with Gasteiger partial charge in [0.05, 0.1) is 17.6 Å². The molecule has 3 aromatic heterocycles. The zero-order valence-electron chi connectivity index (χ0n) is 14.3. The molecule has 26 heavy (non-hydrogen) atoms. The summed E-state index contributed by atoms with van der Waals surface area (Å²) in [5.74, 6) is 0.765. The minimum absolute atomic E-state index is 0.765. The predicted molar refractivity (Wildman–Crippen MR) is 103 cm³/mol. The Bertz CT molecular complexity index is 1180. The molecule has 0 unspecified atom stereocenters. The van der Waals surface area contributed by atoms with E-state index in [2.05, 4.69) is 60.3 Å². The highest BCUT2D eigenvalue weighted by Crippen LogP contribution is 2.34. The van der Waals surface area contributed by atoms with Gasteiger partial charge in [-0.15, -0.1) is 0 Å². The van der Waals surface area contributed by atoms with E-state index in [4.69, 9.17) is 9.52 Å². The van der Waals surface area contributed by atoms with Crippen molar-refractivity contribution in [2.24, 2.45) is 7.05 Å². The summed E-state index contributed by atoms with van der Waals surface area (Å²) >= 11 is 0. The van der Waals surface area contributed by atoms with Gasteiger partial charge in [-0.25, -0.2) is 4.68 Å². The van der Waals surface area contributed by atoms with E-state index in [9.17, 15) is 0 Å². The van der Waals surface area contributed by atoms with Crippen LogP contribution in [0.15, 0.2) is 89.7 Å². The van der Waals surface area contributed by atoms with E-state index in [1.165, 1.54) is 10.9 Å². The van der Waals surface area contributed by atoms with E-state index in [1.54, 1.807) is 6.26 Å². The van der Waals surface area contributed by atoms with Crippen LogP contribution in [0.4, 0.5) is 0 Å². The molecule has 5 aromatic rings. The first-order valence-corrected chi connectivity index (χ1v) is 8.55. The van der Waals surface area contributed by atoms with E-state index in [0.29, 0.717) is 0 Å². The SMILES string of the molecule is Cn1cc(-c2cc(-c3ccco3)nn2-c2ccccc2)c2ccccc21. The molecule has 0 atom stereocenters. The number of fused-ring (bicyclic) bond motifs is 1. The lowest BCUT2D eigenvalue weighted by atomic mass is 10.1. The van der Waals surface area contributed by atoms with Crippen molar-refractivity contribution in [3.05, 3.63) is 85.3 Å². The van der Waals surface area contributed by atoms with Crippen molar-refractivity contribution in [1.29, 1.82) is 0 Å². The second kappa shape index (κ2) is 5.77. The van der Waals surface area contributed by atoms with Crippen LogP contribution in [-0.4, -0.2) is 14.3 Å². The van der Waals surface area contributed by atoms with E-state index >= 15 is 0 Å². The molecule has 4 nitrogen and oxygen atoms in total. The molecular formula is C22H17N3O. The second-order valence-electron chi connectivity index (χ2n) is 6.31. The maximum atomic E-state index is 5.57. The summed E-state index contributed by atoms with van der Waals surface area (Å²) in [6.45, 7) is 0. The summed E-state index contributed by atoms with van der Waals surface area (Å²) in [5, 5.41) is 6.04. The zero-order chi connectivity index (χ0) is 17.5. The number of rotatable bonds is 3. The van der Waals surface area contributed by atoms with Crippen LogP contribution < -0.4 is 0 Å². The number of aryl methyl sites for hydroxylation is 1. The van der Waals surface area contributed by atoms with Crippen LogP contribution >= 0.6 is 0 Å². The smallest absolute Gasteiger partial charge is 0.154 e. The standard InChI is InChI=1S/C22H17N3O/c1-24-15-18(17-10-5-6-11-20(17)24)21-14-19(22-12-7-13-26-22)23-25(21)16-8-3-2-4-9-16/h2-15H,1H3. The van der Waals surface area contributed by atoms with Crippen LogP contribution in [-0.2, 0) is 7.05 Å². The van der Waals surface area contributed by atoms with Gasteiger partial charge in [0.15, 0.2) is 5.76 Å². The first-order chi connectivity index (χ1) is 12.8. The van der Waals surface area contributed by atoms with Crippen LogP contribution in [0.3, 0.4) is 0 Å². The highest BCUT2D eigenvalue weighted by Gasteiger charge is 2.18. The van der Waals surface area contributed by atoms with Crippen LogP contribution in [0.1, 0.15) is 0 Å². The van der Waals surface area contributed by atoms with Gasteiger partial charge in [0.25, 0.3) is 0 Å². The average Bonchev–Trinajstić information content (AvgIpc) is 3.41. The molecule has 0 aliphatic rings. The van der Waals surface area contributed by atoms with Gasteiger partial charge in [-0.2, -0.15) is 5.10 Å². The fourth-order valence-corrected chi connectivity index (χ4v) is 3.43. The van der Waals surface area contributed by atoms with Gasteiger partial charge in [-0.1, -0.05) is 36.4 Å². The van der Waals surface area contributed by atoms with Crippen molar-refractivity contribution < 1.29 is 4.42 Å². The van der Waals surface area contributed by atoms with Gasteiger partial charge >= 0.3 is 0 Å². The molecule has 0 N–H and O–H groups in total. The Balaban J connectivity index is 1.80. The largest absolute Gasteiger partial charge is 0.463 e. The van der Waals surface area contributed by atoms with Gasteiger partial charge in [-0.3, -0.25) is 0 Å². The Morgan fingerprint density at radius 3 is 2.50 bits per heavy atom. The van der Waals surface area contributed by atoms with Gasteiger partial charge in [0.1, 0.15) is 5.69 Å². The maximum absolute atomic E-state index is 5.57. The minimum Gasteiger partial charge on any atom is -0.463 e. The van der Waals surface area contributed by atoms with Gasteiger partial charge < -0.3 is 8.98 Å². The van der Waals surface area contributed by atoms with E-state index < -0.39 is 0 Å². The van der Waals surface area contributed by atoms with Gasteiger partial charge in [0, 0.05) is 29.7 Å². The molecule has 5 rings (SSSR count). The van der Waals surface area contributed by atoms with E-state index in [-0.39, 0.29) is 0 Å². The molecule has 0 saturated carbocycles. The Hall–Kier alpha value is -3.53. The van der Waals surface area contributed by atoms with Crippen molar-refractivity contribution >= 4 is 10.9 Å². The number of aromatic nitrogens is 3. The molecular weight excluding hydrogens is 322 g/mol. The molecule has 0 aliphatic heterocycles. The van der Waals surface area contributed by atoms with Crippen LogP contribution in [0.5, 0.6) is 0 Å². The number of hydrogen-bond acceptors (Lipinski definition) is 2. The molecule has 0 fully saturated rings. The molecule has 0 bridgehead atoms. The molecule has 126 valence electrons. The Morgan fingerprint density at radius 1 is 0.885 bits per heavy atom. The fourth-order valence-electron chi connectivity index (χ4n) is 3.43. The molecule has 0 radical (unpaired) electrons. The molecule has 0 spiro atoms. The molecule has 0 amide bonds. The van der Waals surface area contributed by atoms with Crippen molar-refractivity contribution in [2.45, 2.75) is 0 Å². The Kier molecular flexibility index (Phi) is 3.28. The molecule has 4 heteroatoms. The second-order valence-corrected chi connectivity index (χ2v) is 6.31. The molecule has 0 aliphatic carbocycles. The average molecular weight is 339 g/mol. The lowest BCUT2D eigenvalue weighted by Gasteiger charge is -2.06. The Labute approximate surface area is 150 Å². The fraction of sp³-hybridized carbons (Fsp3) is 0.0455. The van der Waals surface area contributed by atoms with Crippen molar-refractivity contribution in [1.82, 2.24) is 14.3 Å². The number of nitrogens with zero attached hydrogens (tertiary/aromatic N) is 3. The number of benzene rings is 2. The first-order valence-electron chi connectivity index (χ1n) is 8.55. The van der Waals surface area contributed by atoms with Gasteiger partial charge in [-0.05, 0) is 36.4 Å². The monoisotopic (exact) mass is 339 g/mol. The van der Waals surface area contributed by atoms with Crippen molar-refractivity contribution in [3.63, 3.8) is 0 Å². The predicted octanol–water partition coefficient (Wildman–Crippen LogP) is 5.29. The van der Waals surface area contributed by atoms with Crippen LogP contribution in [0, 0.1) is 0 Å². The topological polar surface area (TPSA) is 35.9 Å². The Morgan fingerprint density at radius 2 is 1.69 bits per heavy atom. The van der Waals surface area contributed by atoms with Crippen molar-refractivity contribution in [2.75, 3.05) is 0 Å². The zero-order valence-corrected chi connectivity index (χ0v) is 14.3. The summed E-state index contributed by atoms with van der Waals surface area (Å²) in [7, 11) is 2.07. The van der Waals surface area contributed by atoms with Gasteiger partial charge in [0.2, 0.25) is 0 Å².